The molecule has 0 bridgehead atoms. The molecule has 1 unspecified atom stereocenters. The van der Waals surface area contributed by atoms with Gasteiger partial charge in [0, 0.05) is 44.5 Å². The summed E-state index contributed by atoms with van der Waals surface area (Å²) in [5, 5.41) is 11.0. The van der Waals surface area contributed by atoms with E-state index in [1.807, 2.05) is 60.0 Å². The van der Waals surface area contributed by atoms with Crippen LogP contribution in [0.15, 0.2) is 150 Å². The number of benzene rings is 4. The Morgan fingerprint density at radius 2 is 1.57 bits per heavy atom. The van der Waals surface area contributed by atoms with Crippen molar-refractivity contribution in [3.8, 4) is 11.3 Å². The second-order valence-corrected chi connectivity index (χ2v) is 13.1. The van der Waals surface area contributed by atoms with Crippen molar-refractivity contribution < 1.29 is 14.4 Å². The Bertz CT molecular complexity index is 2090. The third kappa shape index (κ3) is 9.08. The van der Waals surface area contributed by atoms with Crippen molar-refractivity contribution in [3.05, 3.63) is 167 Å². The predicted octanol–water partition coefficient (Wildman–Crippen LogP) is 8.74. The fraction of sp³-hybridized carbons (Fsp3) is 0.0263. The van der Waals surface area contributed by atoms with E-state index in [1.54, 1.807) is 85.2 Å². The van der Waals surface area contributed by atoms with Crippen LogP contribution >= 0.6 is 34.7 Å². The van der Waals surface area contributed by atoms with Gasteiger partial charge < -0.3 is 16.0 Å². The third-order valence-electron chi connectivity index (χ3n) is 7.08. The fourth-order valence-electron chi connectivity index (χ4n) is 4.71. The first-order valence-electron chi connectivity index (χ1n) is 15.0. The number of nitrogens with one attached hydrogen (secondary N) is 3. The highest BCUT2D eigenvalue weighted by atomic mass is 35.5. The molecule has 3 N–H and O–H groups in total. The van der Waals surface area contributed by atoms with E-state index >= 15 is 0 Å². The molecule has 0 aliphatic heterocycles. The predicted molar refractivity (Wildman–Crippen MR) is 197 cm³/mol. The van der Waals surface area contributed by atoms with Crippen LogP contribution in [-0.2, 0) is 9.59 Å². The second kappa shape index (κ2) is 16.0. The molecule has 2 heterocycles. The smallest absolute Gasteiger partial charge is 0.272 e. The molecule has 6 aromatic rings. The van der Waals surface area contributed by atoms with Gasteiger partial charge in [-0.25, -0.2) is 4.98 Å². The van der Waals surface area contributed by atoms with E-state index in [0.717, 1.165) is 21.7 Å². The molecule has 11 heteroatoms. The van der Waals surface area contributed by atoms with E-state index in [4.69, 9.17) is 11.6 Å². The Morgan fingerprint density at radius 3 is 2.31 bits per heavy atom. The molecule has 0 aliphatic carbocycles. The highest BCUT2D eigenvalue weighted by Crippen LogP contribution is 2.38. The Morgan fingerprint density at radius 1 is 0.816 bits per heavy atom. The zero-order chi connectivity index (χ0) is 34.0. The summed E-state index contributed by atoms with van der Waals surface area (Å²) in [7, 11) is 0. The molecule has 2 aromatic heterocycles. The van der Waals surface area contributed by atoms with E-state index in [0.29, 0.717) is 27.0 Å². The van der Waals surface area contributed by atoms with Crippen molar-refractivity contribution in [2.24, 2.45) is 0 Å². The van der Waals surface area contributed by atoms with Crippen LogP contribution in [-0.4, -0.2) is 27.7 Å². The van der Waals surface area contributed by atoms with Gasteiger partial charge in [0.05, 0.1) is 5.69 Å². The van der Waals surface area contributed by atoms with E-state index in [9.17, 15) is 14.4 Å². The molecule has 0 radical (unpaired) electrons. The zero-order valence-electron chi connectivity index (χ0n) is 25.7. The molecule has 242 valence electrons. The maximum absolute atomic E-state index is 13.7. The Labute approximate surface area is 296 Å². The van der Waals surface area contributed by atoms with Gasteiger partial charge >= 0.3 is 0 Å². The number of carbonyl (C=O) groups excluding carboxylic acids is 3. The average molecular weight is 702 g/mol. The monoisotopic (exact) mass is 701 g/mol. The number of hydrogen-bond donors (Lipinski definition) is 3. The van der Waals surface area contributed by atoms with Crippen molar-refractivity contribution >= 4 is 69.3 Å². The summed E-state index contributed by atoms with van der Waals surface area (Å²) in [5.41, 5.74) is 4.02. The van der Waals surface area contributed by atoms with Crippen LogP contribution < -0.4 is 16.0 Å². The van der Waals surface area contributed by atoms with E-state index in [2.05, 4.69) is 25.9 Å². The first-order chi connectivity index (χ1) is 23.9. The van der Waals surface area contributed by atoms with E-state index in [1.165, 1.54) is 23.1 Å². The average Bonchev–Trinajstić information content (AvgIpc) is 3.60. The lowest BCUT2D eigenvalue weighted by molar-refractivity contribution is -0.116. The van der Waals surface area contributed by atoms with Crippen LogP contribution in [0.1, 0.15) is 26.7 Å². The van der Waals surface area contributed by atoms with Crippen LogP contribution in [0.2, 0.25) is 5.02 Å². The number of thiazole rings is 1. The molecular weight excluding hydrogens is 674 g/mol. The number of hydrogen-bond acceptors (Lipinski definition) is 7. The molecule has 6 rings (SSSR count). The molecule has 0 spiro atoms. The van der Waals surface area contributed by atoms with Gasteiger partial charge in [-0.05, 0) is 65.7 Å². The number of aromatic nitrogens is 2. The SMILES string of the molecule is O=C(Nc1cccc(SC(C(=O)Nc2nc(-c3ccc(Cl)cc3)cs2)c2ccccc2)c1)/C(=C/c1cccnc1)NC(=O)c1ccccc1. The molecule has 0 saturated heterocycles. The molecule has 4 aromatic carbocycles. The summed E-state index contributed by atoms with van der Waals surface area (Å²) in [4.78, 5) is 49.8. The topological polar surface area (TPSA) is 113 Å². The van der Waals surface area contributed by atoms with Crippen LogP contribution in [0, 0.1) is 0 Å². The normalized spacial score (nSPS) is 11.7. The molecule has 49 heavy (non-hydrogen) atoms. The fourth-order valence-corrected chi connectivity index (χ4v) is 6.64. The summed E-state index contributed by atoms with van der Waals surface area (Å²) >= 11 is 8.71. The Hall–Kier alpha value is -5.55. The first-order valence-corrected chi connectivity index (χ1v) is 17.2. The second-order valence-electron chi connectivity index (χ2n) is 10.6. The highest BCUT2D eigenvalue weighted by molar-refractivity contribution is 8.00. The van der Waals surface area contributed by atoms with Crippen LogP contribution in [0.4, 0.5) is 10.8 Å². The van der Waals surface area contributed by atoms with Gasteiger partial charge in [-0.3, -0.25) is 19.4 Å². The zero-order valence-corrected chi connectivity index (χ0v) is 28.1. The summed E-state index contributed by atoms with van der Waals surface area (Å²) < 4.78 is 0. The molecular formula is C38H28ClN5O3S2. The third-order valence-corrected chi connectivity index (χ3v) is 9.34. The highest BCUT2D eigenvalue weighted by Gasteiger charge is 2.24. The molecule has 1 atom stereocenters. The number of carbonyl (C=O) groups is 3. The summed E-state index contributed by atoms with van der Waals surface area (Å²) in [6.07, 6.45) is 4.79. The van der Waals surface area contributed by atoms with Crippen molar-refractivity contribution in [2.45, 2.75) is 10.1 Å². The number of halogens is 1. The Balaban J connectivity index is 1.20. The van der Waals surface area contributed by atoms with Gasteiger partial charge in [0.15, 0.2) is 5.13 Å². The van der Waals surface area contributed by atoms with Crippen LogP contribution in [0.5, 0.6) is 0 Å². The number of amides is 3. The van der Waals surface area contributed by atoms with Gasteiger partial charge in [-0.15, -0.1) is 23.1 Å². The van der Waals surface area contributed by atoms with E-state index in [-0.39, 0.29) is 11.6 Å². The number of rotatable bonds is 11. The maximum atomic E-state index is 13.7. The van der Waals surface area contributed by atoms with Gasteiger partial charge in [-0.1, -0.05) is 84.4 Å². The minimum Gasteiger partial charge on any atom is -0.321 e. The lowest BCUT2D eigenvalue weighted by Crippen LogP contribution is -2.30. The summed E-state index contributed by atoms with van der Waals surface area (Å²) in [5.74, 6) is -1.19. The maximum Gasteiger partial charge on any atom is 0.272 e. The van der Waals surface area contributed by atoms with Crippen molar-refractivity contribution in [1.82, 2.24) is 15.3 Å². The molecule has 0 fully saturated rings. The van der Waals surface area contributed by atoms with Crippen molar-refractivity contribution in [2.75, 3.05) is 10.6 Å². The number of nitrogens with zero attached hydrogens (tertiary/aromatic N) is 2. The van der Waals surface area contributed by atoms with Crippen molar-refractivity contribution in [1.29, 1.82) is 0 Å². The summed E-state index contributed by atoms with van der Waals surface area (Å²) in [6, 6.07) is 36.2. The van der Waals surface area contributed by atoms with Crippen LogP contribution in [0.25, 0.3) is 17.3 Å². The molecule has 3 amide bonds. The largest absolute Gasteiger partial charge is 0.321 e. The first kappa shape index (κ1) is 33.4. The number of thioether (sulfide) groups is 1. The van der Waals surface area contributed by atoms with Gasteiger partial charge in [-0.2, -0.15) is 0 Å². The lowest BCUT2D eigenvalue weighted by Gasteiger charge is -2.17. The van der Waals surface area contributed by atoms with Gasteiger partial charge in [0.1, 0.15) is 10.9 Å². The summed E-state index contributed by atoms with van der Waals surface area (Å²) in [6.45, 7) is 0. The standard InChI is InChI=1S/C38H28ClN5O3S2/c39-29-18-16-26(17-19-29)33-24-48-38(43-33)44-37(47)34(27-10-3-1-4-11-27)49-31-15-7-14-30(22-31)41-36(46)32(21-25-9-8-20-40-23-25)42-35(45)28-12-5-2-6-13-28/h1-24,34H,(H,41,46)(H,42,45)(H,43,44,47)/b32-21-. The van der Waals surface area contributed by atoms with Gasteiger partial charge in [0.2, 0.25) is 5.91 Å². The van der Waals surface area contributed by atoms with E-state index < -0.39 is 17.1 Å². The van der Waals surface area contributed by atoms with Gasteiger partial charge in [0.25, 0.3) is 11.8 Å². The van der Waals surface area contributed by atoms with Crippen LogP contribution in [0.3, 0.4) is 0 Å². The minimum absolute atomic E-state index is 0.0443. The Kier molecular flexibility index (Phi) is 10.9. The molecule has 0 saturated carbocycles. The number of anilines is 2. The lowest BCUT2D eigenvalue weighted by atomic mass is 10.1. The minimum atomic E-state index is -0.624. The van der Waals surface area contributed by atoms with Crippen molar-refractivity contribution in [3.63, 3.8) is 0 Å². The molecule has 8 nitrogen and oxygen atoms in total. The quantitative estimate of drug-likeness (QED) is 0.0920. The number of pyridine rings is 1. The molecule has 0 aliphatic rings.